The van der Waals surface area contributed by atoms with E-state index in [1.54, 1.807) is 31.4 Å². The number of nitro groups is 1. The summed E-state index contributed by atoms with van der Waals surface area (Å²) in [5.41, 5.74) is 6.99. The molecule has 2 aromatic rings. The van der Waals surface area contributed by atoms with E-state index in [2.05, 4.69) is 0 Å². The fourth-order valence-electron chi connectivity index (χ4n) is 2.26. The SMILES string of the molecule is COc1ccc(/C=C/c2ccc(N)c([N+](=O)[O-])c2)c(OC)c1OC. The second kappa shape index (κ2) is 7.36. The van der Waals surface area contributed by atoms with Gasteiger partial charge in [-0.2, -0.15) is 0 Å². The number of hydrogen-bond acceptors (Lipinski definition) is 6. The zero-order chi connectivity index (χ0) is 17.7. The first-order valence-electron chi connectivity index (χ1n) is 7.02. The van der Waals surface area contributed by atoms with Crippen molar-refractivity contribution in [2.24, 2.45) is 0 Å². The van der Waals surface area contributed by atoms with Crippen LogP contribution in [0.25, 0.3) is 12.2 Å². The Morgan fingerprint density at radius 3 is 2.29 bits per heavy atom. The van der Waals surface area contributed by atoms with Crippen molar-refractivity contribution >= 4 is 23.5 Å². The van der Waals surface area contributed by atoms with Crippen LogP contribution in [0.5, 0.6) is 17.2 Å². The molecule has 0 unspecified atom stereocenters. The minimum absolute atomic E-state index is 0.126. The van der Waals surface area contributed by atoms with Crippen LogP contribution >= 0.6 is 0 Å². The molecule has 24 heavy (non-hydrogen) atoms. The van der Waals surface area contributed by atoms with Crippen molar-refractivity contribution in [3.63, 3.8) is 0 Å². The molecule has 126 valence electrons. The Morgan fingerprint density at radius 2 is 1.71 bits per heavy atom. The van der Waals surface area contributed by atoms with Gasteiger partial charge < -0.3 is 19.9 Å². The number of nitrogens with two attached hydrogens (primary N) is 1. The largest absolute Gasteiger partial charge is 0.493 e. The summed E-state index contributed by atoms with van der Waals surface area (Å²) in [6.07, 6.45) is 3.51. The van der Waals surface area contributed by atoms with Crippen molar-refractivity contribution in [3.05, 3.63) is 51.6 Å². The van der Waals surface area contributed by atoms with E-state index in [1.165, 1.54) is 26.4 Å². The Labute approximate surface area is 139 Å². The second-order valence-corrected chi connectivity index (χ2v) is 4.83. The molecule has 2 aromatic carbocycles. The molecular formula is C17H18N2O5. The van der Waals surface area contributed by atoms with Gasteiger partial charge >= 0.3 is 0 Å². The van der Waals surface area contributed by atoms with Gasteiger partial charge in [-0.1, -0.05) is 18.2 Å². The lowest BCUT2D eigenvalue weighted by Crippen LogP contribution is -1.96. The summed E-state index contributed by atoms with van der Waals surface area (Å²) in [6.45, 7) is 0. The van der Waals surface area contributed by atoms with Crippen molar-refractivity contribution in [2.75, 3.05) is 27.1 Å². The van der Waals surface area contributed by atoms with Gasteiger partial charge in [0, 0.05) is 11.6 Å². The van der Waals surface area contributed by atoms with Crippen LogP contribution in [-0.4, -0.2) is 26.3 Å². The summed E-state index contributed by atoms with van der Waals surface area (Å²) < 4.78 is 16.0. The molecule has 0 saturated carbocycles. The Morgan fingerprint density at radius 1 is 1.00 bits per heavy atom. The van der Waals surface area contributed by atoms with Crippen LogP contribution in [0, 0.1) is 10.1 Å². The van der Waals surface area contributed by atoms with E-state index in [0.717, 1.165) is 5.56 Å². The lowest BCUT2D eigenvalue weighted by atomic mass is 10.1. The first-order valence-corrected chi connectivity index (χ1v) is 7.02. The summed E-state index contributed by atoms with van der Waals surface area (Å²) in [5.74, 6) is 1.54. The second-order valence-electron chi connectivity index (χ2n) is 4.83. The summed E-state index contributed by atoms with van der Waals surface area (Å²) in [6, 6.07) is 8.18. The van der Waals surface area contributed by atoms with Crippen LogP contribution in [0.3, 0.4) is 0 Å². The molecule has 2 rings (SSSR count). The van der Waals surface area contributed by atoms with Gasteiger partial charge in [0.25, 0.3) is 5.69 Å². The van der Waals surface area contributed by atoms with E-state index in [4.69, 9.17) is 19.9 Å². The van der Waals surface area contributed by atoms with Gasteiger partial charge in [-0.3, -0.25) is 10.1 Å². The van der Waals surface area contributed by atoms with Crippen LogP contribution in [-0.2, 0) is 0 Å². The van der Waals surface area contributed by atoms with Crippen LogP contribution in [0.1, 0.15) is 11.1 Å². The van der Waals surface area contributed by atoms with E-state index in [0.29, 0.717) is 22.8 Å². The molecular weight excluding hydrogens is 312 g/mol. The zero-order valence-electron chi connectivity index (χ0n) is 13.6. The van der Waals surface area contributed by atoms with E-state index in [1.807, 2.05) is 6.07 Å². The first kappa shape index (κ1) is 17.1. The number of nitrogen functional groups attached to an aromatic ring is 1. The summed E-state index contributed by atoms with van der Waals surface area (Å²) in [4.78, 5) is 10.4. The van der Waals surface area contributed by atoms with Gasteiger partial charge in [0.05, 0.1) is 26.3 Å². The van der Waals surface area contributed by atoms with Crippen molar-refractivity contribution in [1.29, 1.82) is 0 Å². The molecule has 0 bridgehead atoms. The third kappa shape index (κ3) is 3.40. The lowest BCUT2D eigenvalue weighted by Gasteiger charge is -2.14. The van der Waals surface area contributed by atoms with E-state index in [9.17, 15) is 10.1 Å². The van der Waals surface area contributed by atoms with Crippen molar-refractivity contribution < 1.29 is 19.1 Å². The molecule has 2 N–H and O–H groups in total. The van der Waals surface area contributed by atoms with E-state index < -0.39 is 4.92 Å². The highest BCUT2D eigenvalue weighted by Gasteiger charge is 2.14. The summed E-state index contributed by atoms with van der Waals surface area (Å²) in [7, 11) is 4.60. The molecule has 0 radical (unpaired) electrons. The Kier molecular flexibility index (Phi) is 5.26. The Bertz CT molecular complexity index is 787. The normalized spacial score (nSPS) is 10.6. The smallest absolute Gasteiger partial charge is 0.292 e. The van der Waals surface area contributed by atoms with Crippen molar-refractivity contribution in [2.45, 2.75) is 0 Å². The minimum atomic E-state index is -0.510. The number of nitrogens with zero attached hydrogens (tertiary/aromatic N) is 1. The average Bonchev–Trinajstić information content (AvgIpc) is 2.59. The fraction of sp³-hybridized carbons (Fsp3) is 0.176. The third-order valence-corrected chi connectivity index (χ3v) is 3.44. The highest BCUT2D eigenvalue weighted by Crippen LogP contribution is 2.40. The fourth-order valence-corrected chi connectivity index (χ4v) is 2.26. The number of anilines is 1. The van der Waals surface area contributed by atoms with E-state index >= 15 is 0 Å². The van der Waals surface area contributed by atoms with Gasteiger partial charge in [0.2, 0.25) is 5.75 Å². The first-order chi connectivity index (χ1) is 11.5. The maximum absolute atomic E-state index is 11.0. The van der Waals surface area contributed by atoms with Crippen LogP contribution < -0.4 is 19.9 Å². The van der Waals surface area contributed by atoms with Crippen molar-refractivity contribution in [1.82, 2.24) is 0 Å². The summed E-state index contributed by atoms with van der Waals surface area (Å²) >= 11 is 0. The minimum Gasteiger partial charge on any atom is -0.493 e. The molecule has 0 aliphatic rings. The maximum atomic E-state index is 11.0. The molecule has 7 heteroatoms. The zero-order valence-corrected chi connectivity index (χ0v) is 13.6. The molecule has 0 amide bonds. The Balaban J connectivity index is 2.42. The quantitative estimate of drug-likeness (QED) is 0.377. The van der Waals surface area contributed by atoms with Gasteiger partial charge in [-0.25, -0.2) is 0 Å². The standard InChI is InChI=1S/C17H18N2O5/c1-22-15-9-7-12(16(23-2)17(15)24-3)6-4-11-5-8-13(18)14(10-11)19(20)21/h4-10H,18H2,1-3H3/b6-4+. The predicted octanol–water partition coefficient (Wildman–Crippen LogP) is 3.37. The average molecular weight is 330 g/mol. The molecule has 0 saturated heterocycles. The highest BCUT2D eigenvalue weighted by atomic mass is 16.6. The number of rotatable bonds is 6. The number of benzene rings is 2. The van der Waals surface area contributed by atoms with Crippen LogP contribution in [0.2, 0.25) is 0 Å². The predicted molar refractivity (Wildman–Crippen MR) is 92.5 cm³/mol. The number of ether oxygens (including phenoxy) is 3. The maximum Gasteiger partial charge on any atom is 0.292 e. The van der Waals surface area contributed by atoms with Crippen molar-refractivity contribution in [3.8, 4) is 17.2 Å². The lowest BCUT2D eigenvalue weighted by molar-refractivity contribution is -0.383. The summed E-state index contributed by atoms with van der Waals surface area (Å²) in [5, 5.41) is 11.0. The van der Waals surface area contributed by atoms with E-state index in [-0.39, 0.29) is 11.4 Å². The highest BCUT2D eigenvalue weighted by molar-refractivity contribution is 5.77. The van der Waals surface area contributed by atoms with Gasteiger partial charge in [0.15, 0.2) is 11.5 Å². The molecule has 0 spiro atoms. The molecule has 0 aliphatic heterocycles. The molecule has 0 atom stereocenters. The molecule has 7 nitrogen and oxygen atoms in total. The molecule has 0 heterocycles. The van der Waals surface area contributed by atoms with Crippen LogP contribution in [0.4, 0.5) is 11.4 Å². The number of hydrogen-bond donors (Lipinski definition) is 1. The number of methoxy groups -OCH3 is 3. The monoisotopic (exact) mass is 330 g/mol. The number of nitro benzene ring substituents is 1. The van der Waals surface area contributed by atoms with Gasteiger partial charge in [-0.05, 0) is 23.8 Å². The molecule has 0 fully saturated rings. The van der Waals surface area contributed by atoms with Gasteiger partial charge in [0.1, 0.15) is 5.69 Å². The van der Waals surface area contributed by atoms with Gasteiger partial charge in [-0.15, -0.1) is 0 Å². The molecule has 0 aromatic heterocycles. The Hall–Kier alpha value is -3.22. The van der Waals surface area contributed by atoms with Crippen LogP contribution in [0.15, 0.2) is 30.3 Å². The third-order valence-electron chi connectivity index (χ3n) is 3.44. The molecule has 0 aliphatic carbocycles. The topological polar surface area (TPSA) is 96.9 Å².